The maximum atomic E-state index is 3.69. The second-order valence-corrected chi connectivity index (χ2v) is 5.42. The summed E-state index contributed by atoms with van der Waals surface area (Å²) in [6.45, 7) is 5.75. The third kappa shape index (κ3) is 2.25. The minimum absolute atomic E-state index is 0.477. The van der Waals surface area contributed by atoms with Gasteiger partial charge in [-0.25, -0.2) is 0 Å². The van der Waals surface area contributed by atoms with Crippen LogP contribution in [-0.2, 0) is 13.6 Å². The lowest BCUT2D eigenvalue weighted by atomic mass is 9.87. The molecule has 1 unspecified atom stereocenters. The average molecular weight is 206 g/mol. The van der Waals surface area contributed by atoms with Gasteiger partial charge in [0.2, 0.25) is 0 Å². The first-order valence-corrected chi connectivity index (χ1v) is 5.93. The van der Waals surface area contributed by atoms with Crippen LogP contribution in [0.1, 0.15) is 38.8 Å². The number of aromatic nitrogens is 1. The summed E-state index contributed by atoms with van der Waals surface area (Å²) in [4.78, 5) is 0. The highest BCUT2D eigenvalue weighted by molar-refractivity contribution is 5.06. The van der Waals surface area contributed by atoms with Crippen LogP contribution in [0.25, 0.3) is 0 Å². The van der Waals surface area contributed by atoms with Gasteiger partial charge < -0.3 is 9.88 Å². The zero-order valence-corrected chi connectivity index (χ0v) is 10.1. The molecule has 0 amide bonds. The lowest BCUT2D eigenvalue weighted by Crippen LogP contribution is -2.37. The van der Waals surface area contributed by atoms with E-state index >= 15 is 0 Å². The largest absolute Gasteiger partial charge is 0.353 e. The van der Waals surface area contributed by atoms with Crippen molar-refractivity contribution in [3.05, 3.63) is 24.0 Å². The molecule has 2 nitrogen and oxygen atoms in total. The van der Waals surface area contributed by atoms with Crippen molar-refractivity contribution in [3.63, 3.8) is 0 Å². The van der Waals surface area contributed by atoms with Gasteiger partial charge in [0.05, 0.1) is 0 Å². The van der Waals surface area contributed by atoms with Crippen molar-refractivity contribution in [1.82, 2.24) is 9.88 Å². The summed E-state index contributed by atoms with van der Waals surface area (Å²) in [6, 6.07) is 4.98. The highest BCUT2D eigenvalue weighted by Gasteiger charge is 2.33. The molecule has 15 heavy (non-hydrogen) atoms. The molecule has 0 saturated heterocycles. The van der Waals surface area contributed by atoms with Crippen LogP contribution in [-0.4, -0.2) is 10.6 Å². The molecule has 1 saturated carbocycles. The molecule has 2 rings (SSSR count). The fourth-order valence-electron chi connectivity index (χ4n) is 2.61. The number of nitrogens with zero attached hydrogens (tertiary/aromatic N) is 1. The van der Waals surface area contributed by atoms with E-state index in [1.807, 2.05) is 0 Å². The minimum Gasteiger partial charge on any atom is -0.353 e. The van der Waals surface area contributed by atoms with Crippen LogP contribution >= 0.6 is 0 Å². The van der Waals surface area contributed by atoms with Crippen LogP contribution in [0.4, 0.5) is 0 Å². The monoisotopic (exact) mass is 206 g/mol. The summed E-state index contributed by atoms with van der Waals surface area (Å²) >= 11 is 0. The fourth-order valence-corrected chi connectivity index (χ4v) is 2.61. The van der Waals surface area contributed by atoms with E-state index in [2.05, 4.69) is 49.1 Å². The molecule has 0 aliphatic heterocycles. The molecule has 1 atom stereocenters. The van der Waals surface area contributed by atoms with E-state index in [-0.39, 0.29) is 0 Å². The predicted molar refractivity (Wildman–Crippen MR) is 63.7 cm³/mol. The molecule has 1 fully saturated rings. The van der Waals surface area contributed by atoms with E-state index in [0.29, 0.717) is 11.5 Å². The van der Waals surface area contributed by atoms with Crippen LogP contribution in [0, 0.1) is 5.41 Å². The Balaban J connectivity index is 1.91. The van der Waals surface area contributed by atoms with Gasteiger partial charge in [-0.05, 0) is 30.4 Å². The zero-order chi connectivity index (χ0) is 10.9. The van der Waals surface area contributed by atoms with Gasteiger partial charge in [0.15, 0.2) is 0 Å². The normalized spacial score (nSPS) is 24.6. The average Bonchev–Trinajstić information content (AvgIpc) is 2.69. The third-order valence-corrected chi connectivity index (χ3v) is 3.84. The van der Waals surface area contributed by atoms with Gasteiger partial charge in [-0.15, -0.1) is 0 Å². The number of rotatable bonds is 3. The van der Waals surface area contributed by atoms with Crippen LogP contribution in [0.3, 0.4) is 0 Å². The molecule has 1 aliphatic carbocycles. The van der Waals surface area contributed by atoms with Gasteiger partial charge in [-0.1, -0.05) is 20.3 Å². The van der Waals surface area contributed by atoms with E-state index in [1.54, 1.807) is 0 Å². The Kier molecular flexibility index (Phi) is 2.87. The van der Waals surface area contributed by atoms with Crippen LogP contribution in [0.15, 0.2) is 18.3 Å². The van der Waals surface area contributed by atoms with Crippen molar-refractivity contribution in [2.45, 2.75) is 45.7 Å². The molecule has 1 aromatic rings. The second-order valence-electron chi connectivity index (χ2n) is 5.42. The molecule has 0 spiro atoms. The van der Waals surface area contributed by atoms with Crippen molar-refractivity contribution in [3.8, 4) is 0 Å². The first-order valence-electron chi connectivity index (χ1n) is 5.93. The number of nitrogens with one attached hydrogen (secondary N) is 1. The van der Waals surface area contributed by atoms with Crippen LogP contribution in [0.5, 0.6) is 0 Å². The standard InChI is InChI=1S/C13H22N2/c1-13(2)8-4-7-12(13)14-10-11-6-5-9-15(11)3/h5-6,9,12,14H,4,7-8,10H2,1-3H3. The van der Waals surface area contributed by atoms with E-state index in [0.717, 1.165) is 6.54 Å². The summed E-state index contributed by atoms with van der Waals surface area (Å²) in [5.74, 6) is 0. The van der Waals surface area contributed by atoms with Crippen LogP contribution in [0.2, 0.25) is 0 Å². The lowest BCUT2D eigenvalue weighted by molar-refractivity contribution is 0.281. The smallest absolute Gasteiger partial charge is 0.0361 e. The molecular formula is C13H22N2. The van der Waals surface area contributed by atoms with Crippen molar-refractivity contribution < 1.29 is 0 Å². The van der Waals surface area contributed by atoms with Gasteiger partial charge in [-0.3, -0.25) is 0 Å². The van der Waals surface area contributed by atoms with E-state index in [4.69, 9.17) is 0 Å². The van der Waals surface area contributed by atoms with Crippen molar-refractivity contribution in [1.29, 1.82) is 0 Å². The van der Waals surface area contributed by atoms with Crippen molar-refractivity contribution in [2.24, 2.45) is 12.5 Å². The molecule has 0 bridgehead atoms. The first kappa shape index (κ1) is 10.7. The highest BCUT2D eigenvalue weighted by Crippen LogP contribution is 2.37. The van der Waals surface area contributed by atoms with Gasteiger partial charge in [0.1, 0.15) is 0 Å². The van der Waals surface area contributed by atoms with Gasteiger partial charge in [0, 0.05) is 31.5 Å². The van der Waals surface area contributed by atoms with E-state index in [9.17, 15) is 0 Å². The topological polar surface area (TPSA) is 17.0 Å². The van der Waals surface area contributed by atoms with Gasteiger partial charge in [0.25, 0.3) is 0 Å². The lowest BCUT2D eigenvalue weighted by Gasteiger charge is -2.28. The Morgan fingerprint density at radius 2 is 2.33 bits per heavy atom. The fraction of sp³-hybridized carbons (Fsp3) is 0.692. The molecule has 1 aliphatic rings. The summed E-state index contributed by atoms with van der Waals surface area (Å²) in [7, 11) is 2.11. The van der Waals surface area contributed by atoms with Crippen molar-refractivity contribution >= 4 is 0 Å². The molecule has 1 heterocycles. The Morgan fingerprint density at radius 1 is 1.53 bits per heavy atom. The summed E-state index contributed by atoms with van der Waals surface area (Å²) < 4.78 is 2.19. The Morgan fingerprint density at radius 3 is 2.87 bits per heavy atom. The summed E-state index contributed by atoms with van der Waals surface area (Å²) in [5.41, 5.74) is 1.85. The number of hydrogen-bond donors (Lipinski definition) is 1. The Labute approximate surface area is 92.7 Å². The highest BCUT2D eigenvalue weighted by atomic mass is 15.0. The quantitative estimate of drug-likeness (QED) is 0.804. The summed E-state index contributed by atoms with van der Waals surface area (Å²) in [6.07, 6.45) is 6.17. The van der Waals surface area contributed by atoms with Gasteiger partial charge in [-0.2, -0.15) is 0 Å². The zero-order valence-electron chi connectivity index (χ0n) is 10.1. The molecule has 0 radical (unpaired) electrons. The Hall–Kier alpha value is -0.760. The number of aryl methyl sites for hydroxylation is 1. The number of hydrogen-bond acceptors (Lipinski definition) is 1. The molecule has 84 valence electrons. The Bertz CT molecular complexity index is 325. The predicted octanol–water partition coefficient (Wildman–Crippen LogP) is 2.69. The van der Waals surface area contributed by atoms with E-state index in [1.165, 1.54) is 25.0 Å². The second kappa shape index (κ2) is 4.01. The van der Waals surface area contributed by atoms with Gasteiger partial charge >= 0.3 is 0 Å². The maximum Gasteiger partial charge on any atom is 0.0361 e. The minimum atomic E-state index is 0.477. The van der Waals surface area contributed by atoms with Crippen LogP contribution < -0.4 is 5.32 Å². The van der Waals surface area contributed by atoms with E-state index < -0.39 is 0 Å². The molecule has 0 aromatic carbocycles. The molecule has 1 aromatic heterocycles. The third-order valence-electron chi connectivity index (χ3n) is 3.84. The van der Waals surface area contributed by atoms with Crippen molar-refractivity contribution in [2.75, 3.05) is 0 Å². The molecular weight excluding hydrogens is 184 g/mol. The molecule has 1 N–H and O–H groups in total. The SMILES string of the molecule is Cn1cccc1CNC1CCCC1(C)C. The first-order chi connectivity index (χ1) is 7.09. The molecule has 2 heteroatoms. The summed E-state index contributed by atoms with van der Waals surface area (Å²) in [5, 5.41) is 3.69. The maximum absolute atomic E-state index is 3.69.